The van der Waals surface area contributed by atoms with Crippen molar-refractivity contribution < 1.29 is 9.13 Å². The summed E-state index contributed by atoms with van der Waals surface area (Å²) in [5, 5.41) is 7.77. The van der Waals surface area contributed by atoms with Gasteiger partial charge in [0.15, 0.2) is 17.5 Å². The van der Waals surface area contributed by atoms with E-state index in [1.807, 2.05) is 43.5 Å². The van der Waals surface area contributed by atoms with Gasteiger partial charge in [-0.15, -0.1) is 24.0 Å². The second kappa shape index (κ2) is 10.7. The van der Waals surface area contributed by atoms with E-state index in [4.69, 9.17) is 4.74 Å². The number of hydrogen-bond acceptors (Lipinski definition) is 3. The Hall–Kier alpha value is -2.42. The Morgan fingerprint density at radius 1 is 1.23 bits per heavy atom. The van der Waals surface area contributed by atoms with Crippen LogP contribution in [0.2, 0.25) is 0 Å². The first kappa shape index (κ1) is 23.2. The van der Waals surface area contributed by atoms with Crippen molar-refractivity contribution in [1.82, 2.24) is 15.6 Å². The summed E-state index contributed by atoms with van der Waals surface area (Å²) in [5.74, 6) is 1.24. The van der Waals surface area contributed by atoms with Crippen LogP contribution < -0.4 is 15.4 Å². The van der Waals surface area contributed by atoms with E-state index in [-0.39, 0.29) is 35.8 Å². The van der Waals surface area contributed by atoms with Crippen LogP contribution in [0.25, 0.3) is 10.9 Å². The number of hydrogen-bond donors (Lipinski definition) is 2. The molecule has 1 heterocycles. The number of aromatic nitrogens is 1. The molecule has 2 N–H and O–H groups in total. The Morgan fingerprint density at radius 2 is 2.03 bits per heavy atom. The molecule has 0 radical (unpaired) electrons. The molecule has 5 nitrogen and oxygen atoms in total. The number of nitrogens with one attached hydrogen (secondary N) is 2. The highest BCUT2D eigenvalue weighted by Crippen LogP contribution is 2.30. The fraction of sp³-hybridized carbons (Fsp3) is 0.333. The molecule has 0 amide bonds. The van der Waals surface area contributed by atoms with Crippen molar-refractivity contribution in [2.24, 2.45) is 10.9 Å². The van der Waals surface area contributed by atoms with Crippen LogP contribution in [-0.4, -0.2) is 24.6 Å². The Balaban J connectivity index is 0.00000272. The molecular formula is C24H28FIN4O. The lowest BCUT2D eigenvalue weighted by molar-refractivity contribution is 0.285. The molecule has 31 heavy (non-hydrogen) atoms. The van der Waals surface area contributed by atoms with Gasteiger partial charge in [0.25, 0.3) is 0 Å². The van der Waals surface area contributed by atoms with E-state index in [1.165, 1.54) is 18.9 Å². The first-order valence-corrected chi connectivity index (χ1v) is 10.4. The second-order valence-corrected chi connectivity index (χ2v) is 7.72. The fourth-order valence-electron chi connectivity index (χ4n) is 3.37. The van der Waals surface area contributed by atoms with Gasteiger partial charge >= 0.3 is 0 Å². The molecule has 1 fully saturated rings. The van der Waals surface area contributed by atoms with Crippen molar-refractivity contribution in [3.63, 3.8) is 0 Å². The van der Waals surface area contributed by atoms with Gasteiger partial charge in [-0.05, 0) is 61.1 Å². The van der Waals surface area contributed by atoms with Gasteiger partial charge in [0.1, 0.15) is 0 Å². The Morgan fingerprint density at radius 3 is 2.77 bits per heavy atom. The van der Waals surface area contributed by atoms with Gasteiger partial charge < -0.3 is 15.4 Å². The summed E-state index contributed by atoms with van der Waals surface area (Å²) in [5.41, 5.74) is 2.94. The van der Waals surface area contributed by atoms with E-state index >= 15 is 0 Å². The number of ether oxygens (including phenoxy) is 1. The Kier molecular flexibility index (Phi) is 8.06. The average Bonchev–Trinajstić information content (AvgIpc) is 3.60. The van der Waals surface area contributed by atoms with Gasteiger partial charge in [-0.25, -0.2) is 4.39 Å². The molecule has 0 saturated heterocycles. The third-order valence-corrected chi connectivity index (χ3v) is 5.39. The summed E-state index contributed by atoms with van der Waals surface area (Å²) in [6.07, 6.45) is 4.18. The summed E-state index contributed by atoms with van der Waals surface area (Å²) in [7, 11) is 1.72. The summed E-state index contributed by atoms with van der Waals surface area (Å²) >= 11 is 0. The minimum Gasteiger partial charge on any atom is -0.490 e. The number of fused-ring (bicyclic) bond motifs is 1. The van der Waals surface area contributed by atoms with Gasteiger partial charge in [-0.3, -0.25) is 9.98 Å². The van der Waals surface area contributed by atoms with Crippen molar-refractivity contribution >= 4 is 40.8 Å². The second-order valence-electron chi connectivity index (χ2n) is 7.72. The highest BCUT2D eigenvalue weighted by Gasteiger charge is 2.22. The SMILES string of the molecule is CN=C(NCc1ccnc2ccccc12)NC(C)c1ccc(OCC2CC2)c(F)c1.I. The zero-order chi connectivity index (χ0) is 20.9. The van der Waals surface area contributed by atoms with Gasteiger partial charge in [-0.2, -0.15) is 0 Å². The zero-order valence-electron chi connectivity index (χ0n) is 17.8. The standard InChI is InChI=1S/C24H27FN4O.HI/c1-16(18-9-10-23(21(25)13-18)30-15-17-7-8-17)29-24(26-2)28-14-19-11-12-27-22-6-4-3-5-20(19)22;/h3-6,9-13,16-17H,7-8,14-15H2,1-2H3,(H2,26,28,29);1H. The van der Waals surface area contributed by atoms with Crippen molar-refractivity contribution in [3.05, 3.63) is 71.7 Å². The van der Waals surface area contributed by atoms with Crippen molar-refractivity contribution in [1.29, 1.82) is 0 Å². The van der Waals surface area contributed by atoms with Crippen LogP contribution in [-0.2, 0) is 6.54 Å². The molecule has 7 heteroatoms. The molecule has 1 aromatic heterocycles. The molecule has 1 saturated carbocycles. The lowest BCUT2D eigenvalue weighted by Crippen LogP contribution is -2.38. The maximum atomic E-state index is 14.4. The van der Waals surface area contributed by atoms with Gasteiger partial charge in [-0.1, -0.05) is 24.3 Å². The van der Waals surface area contributed by atoms with Crippen LogP contribution in [0.5, 0.6) is 5.75 Å². The molecule has 0 bridgehead atoms. The van der Waals surface area contributed by atoms with Crippen LogP contribution in [0.4, 0.5) is 4.39 Å². The molecule has 3 aromatic rings. The molecule has 0 spiro atoms. The lowest BCUT2D eigenvalue weighted by atomic mass is 10.1. The number of aliphatic imine (C=N–C) groups is 1. The minimum atomic E-state index is -0.326. The first-order valence-electron chi connectivity index (χ1n) is 10.4. The number of rotatable bonds is 7. The Labute approximate surface area is 199 Å². The van der Waals surface area contributed by atoms with Crippen molar-refractivity contribution in [3.8, 4) is 5.75 Å². The zero-order valence-corrected chi connectivity index (χ0v) is 20.1. The minimum absolute atomic E-state index is 0. The van der Waals surface area contributed by atoms with Crippen LogP contribution in [0.15, 0.2) is 59.7 Å². The summed E-state index contributed by atoms with van der Waals surface area (Å²) in [6, 6.07) is 15.1. The highest BCUT2D eigenvalue weighted by atomic mass is 127. The van der Waals surface area contributed by atoms with E-state index < -0.39 is 0 Å². The third-order valence-electron chi connectivity index (χ3n) is 5.39. The van der Waals surface area contributed by atoms with Crippen LogP contribution in [0, 0.1) is 11.7 Å². The molecular weight excluding hydrogens is 506 g/mol. The molecule has 1 aliphatic carbocycles. The molecule has 0 aliphatic heterocycles. The van der Waals surface area contributed by atoms with E-state index in [9.17, 15) is 4.39 Å². The molecule has 1 aliphatic rings. The van der Waals surface area contributed by atoms with Crippen molar-refractivity contribution in [2.75, 3.05) is 13.7 Å². The van der Waals surface area contributed by atoms with Crippen LogP contribution >= 0.6 is 24.0 Å². The Bertz CT molecular complexity index is 1050. The van der Waals surface area contributed by atoms with Crippen LogP contribution in [0.3, 0.4) is 0 Å². The maximum Gasteiger partial charge on any atom is 0.191 e. The first-order chi connectivity index (χ1) is 14.6. The van der Waals surface area contributed by atoms with Crippen molar-refractivity contribution in [2.45, 2.75) is 32.4 Å². The molecule has 4 rings (SSSR count). The lowest BCUT2D eigenvalue weighted by Gasteiger charge is -2.19. The monoisotopic (exact) mass is 534 g/mol. The van der Waals surface area contributed by atoms with E-state index in [1.54, 1.807) is 13.1 Å². The summed E-state index contributed by atoms with van der Waals surface area (Å²) in [4.78, 5) is 8.70. The fourth-order valence-corrected chi connectivity index (χ4v) is 3.37. The molecule has 1 unspecified atom stereocenters. The van der Waals surface area contributed by atoms with E-state index in [0.717, 1.165) is 22.0 Å². The quantitative estimate of drug-likeness (QED) is 0.249. The molecule has 2 aromatic carbocycles. The molecule has 1 atom stereocenters. The van der Waals surface area contributed by atoms with Crippen LogP contribution in [0.1, 0.15) is 36.9 Å². The van der Waals surface area contributed by atoms with E-state index in [0.29, 0.717) is 30.8 Å². The normalized spacial score (nSPS) is 14.6. The van der Waals surface area contributed by atoms with Gasteiger partial charge in [0.05, 0.1) is 18.2 Å². The average molecular weight is 534 g/mol. The summed E-state index contributed by atoms with van der Waals surface area (Å²) in [6.45, 7) is 3.19. The van der Waals surface area contributed by atoms with E-state index in [2.05, 4.69) is 26.7 Å². The largest absolute Gasteiger partial charge is 0.490 e. The van der Waals surface area contributed by atoms with Gasteiger partial charge in [0, 0.05) is 25.2 Å². The predicted molar refractivity (Wildman–Crippen MR) is 134 cm³/mol. The number of pyridine rings is 1. The number of halogens is 2. The number of guanidine groups is 1. The number of nitrogens with zero attached hydrogens (tertiary/aromatic N) is 2. The topological polar surface area (TPSA) is 58.5 Å². The third kappa shape index (κ3) is 6.06. The predicted octanol–water partition coefficient (Wildman–Crippen LogP) is 5.21. The number of para-hydroxylation sites is 1. The highest BCUT2D eigenvalue weighted by molar-refractivity contribution is 14.0. The smallest absolute Gasteiger partial charge is 0.191 e. The summed E-state index contributed by atoms with van der Waals surface area (Å²) < 4.78 is 20.0. The molecule has 164 valence electrons. The van der Waals surface area contributed by atoms with Gasteiger partial charge in [0.2, 0.25) is 0 Å². The maximum absolute atomic E-state index is 14.4. The number of benzene rings is 2.